The van der Waals surface area contributed by atoms with E-state index >= 15 is 0 Å². The Balaban J connectivity index is 0.000000208. The van der Waals surface area contributed by atoms with E-state index in [0.717, 1.165) is 6.42 Å². The number of rotatable bonds is 0. The van der Waals surface area contributed by atoms with Crippen molar-refractivity contribution in [2.45, 2.75) is 32.1 Å². The predicted octanol–water partition coefficient (Wildman–Crippen LogP) is 2.61. The summed E-state index contributed by atoms with van der Waals surface area (Å²) < 4.78 is 1.79. The molecule has 3 heteroatoms. The molecule has 0 unspecified atom stereocenters. The van der Waals surface area contributed by atoms with E-state index < -0.39 is 0 Å². The second-order valence-electron chi connectivity index (χ2n) is 8.43. The van der Waals surface area contributed by atoms with Crippen LogP contribution in [-0.2, 0) is 24.2 Å². The molecule has 0 nitrogen and oxygen atoms in total. The third kappa shape index (κ3) is 5.65. The van der Waals surface area contributed by atoms with Gasteiger partial charge in [-0.1, -0.05) is 77.5 Å². The maximum Gasteiger partial charge on any atom is -0.0255 e. The molecule has 0 aliphatic heterocycles. The molecular weight excluding hydrogens is 534 g/mol. The minimum absolute atomic E-state index is 0. The summed E-state index contributed by atoms with van der Waals surface area (Å²) in [6.45, 7) is 0. The first-order chi connectivity index (χ1) is 15.8. The number of fused-ring (bicyclic) bond motifs is 8. The molecule has 2 aliphatic carbocycles. The SMILES string of the molecule is [C-]1=CC=CC1.[Cl-].[Cl-].[Zr+2]=[C]1CCCC1.c1ccc2c(c1)[cH-]c1c3ccccc3c3ccccc3c21. The molecule has 1 saturated carbocycles. The number of hydrogen-bond donors (Lipinski definition) is 0. The van der Waals surface area contributed by atoms with Gasteiger partial charge in [0, 0.05) is 0 Å². The average molecular weight is 561 g/mol. The van der Waals surface area contributed by atoms with Crippen LogP contribution in [0.25, 0.3) is 43.1 Å². The molecule has 170 valence electrons. The zero-order valence-corrected chi connectivity index (χ0v) is 23.0. The zero-order chi connectivity index (χ0) is 21.8. The molecule has 0 saturated heterocycles. The molecule has 34 heavy (non-hydrogen) atoms. The van der Waals surface area contributed by atoms with Crippen LogP contribution in [0.15, 0.2) is 97.1 Å². The van der Waals surface area contributed by atoms with Crippen LogP contribution in [0.5, 0.6) is 0 Å². The molecule has 2 aliphatic rings. The van der Waals surface area contributed by atoms with Crippen molar-refractivity contribution in [2.75, 3.05) is 0 Å². The fraction of sp³-hybridized carbons (Fsp3) is 0.161. The molecule has 0 radical (unpaired) electrons. The van der Waals surface area contributed by atoms with Gasteiger partial charge in [-0.3, -0.25) is 6.08 Å². The van der Waals surface area contributed by atoms with Crippen molar-refractivity contribution in [1.82, 2.24) is 0 Å². The maximum absolute atomic E-state index is 2.99. The molecule has 0 N–H and O–H groups in total. The Kier molecular flexibility index (Phi) is 9.96. The van der Waals surface area contributed by atoms with Crippen LogP contribution in [0.3, 0.4) is 0 Å². The van der Waals surface area contributed by atoms with Crippen LogP contribution in [0, 0.1) is 6.08 Å². The molecule has 0 heterocycles. The van der Waals surface area contributed by atoms with E-state index in [1.807, 2.05) is 12.2 Å². The number of allylic oxidation sites excluding steroid dienone is 4. The van der Waals surface area contributed by atoms with Crippen LogP contribution in [0.1, 0.15) is 32.1 Å². The van der Waals surface area contributed by atoms with Gasteiger partial charge in [0.15, 0.2) is 0 Å². The third-order valence-corrected chi connectivity index (χ3v) is 7.53. The first-order valence-corrected chi connectivity index (χ1v) is 12.7. The van der Waals surface area contributed by atoms with Crippen LogP contribution in [0.4, 0.5) is 0 Å². The van der Waals surface area contributed by atoms with Crippen LogP contribution < -0.4 is 24.8 Å². The molecule has 0 bridgehead atoms. The molecular formula is C31H26Cl2Zr-2. The van der Waals surface area contributed by atoms with E-state index in [9.17, 15) is 0 Å². The van der Waals surface area contributed by atoms with Gasteiger partial charge in [0.25, 0.3) is 0 Å². The zero-order valence-electron chi connectivity index (χ0n) is 19.0. The predicted molar refractivity (Wildman–Crippen MR) is 137 cm³/mol. The van der Waals surface area contributed by atoms with Crippen LogP contribution in [0.2, 0.25) is 0 Å². The summed E-state index contributed by atoms with van der Waals surface area (Å²) in [6, 6.07) is 28.5. The van der Waals surface area contributed by atoms with E-state index in [1.165, 1.54) is 68.8 Å². The summed E-state index contributed by atoms with van der Waals surface area (Å²) in [5.41, 5.74) is 0. The summed E-state index contributed by atoms with van der Waals surface area (Å²) in [4.78, 5) is 0. The van der Waals surface area contributed by atoms with Gasteiger partial charge < -0.3 is 24.8 Å². The normalized spacial score (nSPS) is 13.9. The van der Waals surface area contributed by atoms with Gasteiger partial charge in [-0.2, -0.15) is 6.08 Å². The fourth-order valence-corrected chi connectivity index (χ4v) is 5.63. The van der Waals surface area contributed by atoms with Crippen molar-refractivity contribution in [3.8, 4) is 0 Å². The number of hydrogen-bond acceptors (Lipinski definition) is 0. The summed E-state index contributed by atoms with van der Waals surface area (Å²) in [5, 5.41) is 10.8. The number of benzene rings is 4. The molecule has 0 amide bonds. The summed E-state index contributed by atoms with van der Waals surface area (Å²) in [7, 11) is 0. The van der Waals surface area contributed by atoms with Crippen molar-refractivity contribution in [3.63, 3.8) is 0 Å². The van der Waals surface area contributed by atoms with Gasteiger partial charge in [-0.15, -0.1) is 40.1 Å². The van der Waals surface area contributed by atoms with Crippen molar-refractivity contribution in [3.05, 3.63) is 103 Å². The van der Waals surface area contributed by atoms with Gasteiger partial charge in [0.1, 0.15) is 0 Å². The van der Waals surface area contributed by atoms with Gasteiger partial charge >= 0.3 is 53.1 Å². The van der Waals surface area contributed by atoms with Crippen molar-refractivity contribution < 1.29 is 49.0 Å². The largest absolute Gasteiger partial charge is 0.126 e. The van der Waals surface area contributed by atoms with Crippen molar-refractivity contribution in [2.24, 2.45) is 0 Å². The smallest absolute Gasteiger partial charge is 0.0255 e. The Morgan fingerprint density at radius 3 is 1.76 bits per heavy atom. The standard InChI is InChI=1S/C21H13.C5H8.C5H5.2ClH.Zr/c1-2-8-15-14(7-1)13-20-18-11-4-3-9-16(18)17-10-5-6-12-19(17)21(15)20;2*1-2-4-5-3-1;;;/h1-13H;1-4H2;1-3H,4H2;2*1H;/q-1;;-1;;;+2/p-2. The quantitative estimate of drug-likeness (QED) is 0.202. The van der Waals surface area contributed by atoms with Crippen LogP contribution in [-0.4, -0.2) is 3.21 Å². The Bertz CT molecular complexity index is 1450. The molecule has 0 atom stereocenters. The first-order valence-electron chi connectivity index (χ1n) is 11.5. The Morgan fingerprint density at radius 2 is 1.24 bits per heavy atom. The Labute approximate surface area is 229 Å². The summed E-state index contributed by atoms with van der Waals surface area (Å²) >= 11 is 1.68. The van der Waals surface area contributed by atoms with Gasteiger partial charge in [0.2, 0.25) is 0 Å². The second kappa shape index (κ2) is 12.7. The summed E-state index contributed by atoms with van der Waals surface area (Å²) in [5.74, 6) is 0. The Morgan fingerprint density at radius 1 is 0.676 bits per heavy atom. The second-order valence-corrected chi connectivity index (χ2v) is 10.2. The third-order valence-electron chi connectivity index (χ3n) is 6.30. The van der Waals surface area contributed by atoms with Gasteiger partial charge in [-0.05, 0) is 10.8 Å². The first kappa shape index (κ1) is 26.7. The molecule has 0 spiro atoms. The van der Waals surface area contributed by atoms with Crippen molar-refractivity contribution in [1.29, 1.82) is 0 Å². The Hall–Kier alpha value is -1.92. The van der Waals surface area contributed by atoms with E-state index in [-0.39, 0.29) is 24.8 Å². The van der Waals surface area contributed by atoms with Gasteiger partial charge in [0.05, 0.1) is 0 Å². The van der Waals surface area contributed by atoms with Crippen molar-refractivity contribution >= 4 is 46.3 Å². The van der Waals surface area contributed by atoms with E-state index in [4.69, 9.17) is 0 Å². The average Bonchev–Trinajstić information content (AvgIpc) is 3.62. The number of halogens is 2. The molecule has 1 fully saturated rings. The van der Waals surface area contributed by atoms with E-state index in [0.29, 0.717) is 0 Å². The van der Waals surface area contributed by atoms with E-state index in [2.05, 4.69) is 91.0 Å². The fourth-order valence-electron chi connectivity index (χ4n) is 4.76. The summed E-state index contributed by atoms with van der Waals surface area (Å²) in [6.07, 6.45) is 15.8. The molecule has 7 rings (SSSR count). The van der Waals surface area contributed by atoms with Gasteiger partial charge in [-0.25, -0.2) is 12.2 Å². The molecule has 5 aromatic carbocycles. The minimum atomic E-state index is 0. The maximum atomic E-state index is 2.99. The minimum Gasteiger partial charge on any atom is -0.126 e. The van der Waals surface area contributed by atoms with E-state index in [1.54, 1.807) is 27.4 Å². The van der Waals surface area contributed by atoms with Crippen LogP contribution >= 0.6 is 0 Å². The molecule has 0 aromatic heterocycles. The topological polar surface area (TPSA) is 0 Å². The monoisotopic (exact) mass is 558 g/mol. The molecule has 5 aromatic rings.